The van der Waals surface area contributed by atoms with E-state index in [1.807, 2.05) is 4.90 Å². The number of β-amino-alcohol motifs (C(OH)–C–C–N with tert-alkyl or cyclic N) is 1. The number of methoxy groups -OCH3 is 1. The van der Waals surface area contributed by atoms with E-state index in [0.717, 1.165) is 26.2 Å². The SMILES string of the molecule is COc1ccc(NC(=O)N2C[C@H](O)COC[C@@H]3O[C@@H](CC(=O)N4CCN(C)CC4)CC[C@H]32)cc1. The highest BCUT2D eigenvalue weighted by atomic mass is 16.5. The summed E-state index contributed by atoms with van der Waals surface area (Å²) in [4.78, 5) is 31.8. The fourth-order valence-corrected chi connectivity index (χ4v) is 4.82. The Labute approximate surface area is 200 Å². The van der Waals surface area contributed by atoms with Gasteiger partial charge >= 0.3 is 6.03 Å². The van der Waals surface area contributed by atoms with E-state index in [1.165, 1.54) is 0 Å². The quantitative estimate of drug-likeness (QED) is 0.668. The third-order valence-electron chi connectivity index (χ3n) is 6.84. The van der Waals surface area contributed by atoms with Crippen LogP contribution in [-0.4, -0.2) is 116 Å². The maximum absolute atomic E-state index is 13.2. The molecule has 1 aromatic rings. The molecule has 3 fully saturated rings. The predicted octanol–water partition coefficient (Wildman–Crippen LogP) is 1.00. The number of nitrogens with one attached hydrogen (secondary N) is 1. The average Bonchev–Trinajstić information content (AvgIpc) is 2.82. The molecule has 0 aromatic heterocycles. The lowest BCUT2D eigenvalue weighted by Crippen LogP contribution is -2.58. The largest absolute Gasteiger partial charge is 0.497 e. The fourth-order valence-electron chi connectivity index (χ4n) is 4.82. The molecule has 3 heterocycles. The van der Waals surface area contributed by atoms with Crippen molar-refractivity contribution in [2.75, 3.05) is 65.4 Å². The number of aliphatic hydroxyl groups is 1. The van der Waals surface area contributed by atoms with Crippen molar-refractivity contribution in [1.29, 1.82) is 0 Å². The van der Waals surface area contributed by atoms with Gasteiger partial charge in [0, 0.05) is 31.9 Å². The minimum absolute atomic E-state index is 0.118. The van der Waals surface area contributed by atoms with E-state index in [2.05, 4.69) is 17.3 Å². The van der Waals surface area contributed by atoms with Crippen molar-refractivity contribution in [2.24, 2.45) is 0 Å². The molecule has 2 N–H and O–H groups in total. The van der Waals surface area contributed by atoms with Gasteiger partial charge in [-0.05, 0) is 44.2 Å². The van der Waals surface area contributed by atoms with E-state index in [0.29, 0.717) is 30.7 Å². The van der Waals surface area contributed by atoms with Crippen molar-refractivity contribution in [3.63, 3.8) is 0 Å². The highest BCUT2D eigenvalue weighted by molar-refractivity contribution is 5.89. The van der Waals surface area contributed by atoms with Crippen LogP contribution in [0, 0.1) is 0 Å². The summed E-state index contributed by atoms with van der Waals surface area (Å²) in [5, 5.41) is 13.2. The molecule has 1 aromatic carbocycles. The molecule has 4 atom stereocenters. The minimum Gasteiger partial charge on any atom is -0.497 e. The first-order valence-corrected chi connectivity index (χ1v) is 12.0. The van der Waals surface area contributed by atoms with Gasteiger partial charge in [0.25, 0.3) is 0 Å². The maximum Gasteiger partial charge on any atom is 0.322 e. The van der Waals surface area contributed by atoms with Crippen LogP contribution in [0.15, 0.2) is 24.3 Å². The summed E-state index contributed by atoms with van der Waals surface area (Å²) in [7, 11) is 3.65. The van der Waals surface area contributed by atoms with Crippen LogP contribution in [0.4, 0.5) is 10.5 Å². The number of hydrogen-bond donors (Lipinski definition) is 2. The number of amides is 3. The van der Waals surface area contributed by atoms with Crippen LogP contribution in [0.5, 0.6) is 5.75 Å². The third-order valence-corrected chi connectivity index (χ3v) is 6.84. The number of carbonyl (C=O) groups is 2. The number of rotatable bonds is 4. The van der Waals surface area contributed by atoms with Crippen molar-refractivity contribution in [3.8, 4) is 5.75 Å². The van der Waals surface area contributed by atoms with Crippen molar-refractivity contribution in [2.45, 2.75) is 43.6 Å². The molecule has 4 rings (SSSR count). The number of anilines is 1. The number of piperazine rings is 1. The molecule has 0 unspecified atom stereocenters. The Balaban J connectivity index is 1.38. The summed E-state index contributed by atoms with van der Waals surface area (Å²) < 4.78 is 17.1. The van der Waals surface area contributed by atoms with Crippen molar-refractivity contribution < 1.29 is 28.9 Å². The molecular formula is C24H36N4O6. The lowest BCUT2D eigenvalue weighted by atomic mass is 9.94. The molecule has 10 nitrogen and oxygen atoms in total. The van der Waals surface area contributed by atoms with Gasteiger partial charge in [0.15, 0.2) is 0 Å². The number of ether oxygens (including phenoxy) is 3. The van der Waals surface area contributed by atoms with E-state index in [4.69, 9.17) is 14.2 Å². The Bertz CT molecular complexity index is 829. The summed E-state index contributed by atoms with van der Waals surface area (Å²) in [5.74, 6) is 0.822. The molecule has 3 aliphatic rings. The predicted molar refractivity (Wildman–Crippen MR) is 126 cm³/mol. The van der Waals surface area contributed by atoms with Crippen LogP contribution in [-0.2, 0) is 14.3 Å². The Morgan fingerprint density at radius 2 is 1.85 bits per heavy atom. The monoisotopic (exact) mass is 476 g/mol. The average molecular weight is 477 g/mol. The summed E-state index contributed by atoms with van der Waals surface area (Å²) >= 11 is 0. The first-order chi connectivity index (χ1) is 16.4. The molecule has 3 amide bonds. The van der Waals surface area contributed by atoms with Gasteiger partial charge in [-0.3, -0.25) is 4.79 Å². The summed E-state index contributed by atoms with van der Waals surface area (Å²) in [6, 6.07) is 6.56. The second-order valence-electron chi connectivity index (χ2n) is 9.33. The molecule has 0 spiro atoms. The Morgan fingerprint density at radius 1 is 1.12 bits per heavy atom. The van der Waals surface area contributed by atoms with E-state index in [-0.39, 0.29) is 49.9 Å². The number of benzene rings is 1. The van der Waals surface area contributed by atoms with Crippen molar-refractivity contribution >= 4 is 17.6 Å². The summed E-state index contributed by atoms with van der Waals surface area (Å²) in [6.45, 7) is 3.81. The molecule has 3 aliphatic heterocycles. The molecule has 0 radical (unpaired) electrons. The zero-order chi connectivity index (χ0) is 24.1. The van der Waals surface area contributed by atoms with Gasteiger partial charge in [-0.25, -0.2) is 4.79 Å². The molecule has 3 saturated heterocycles. The number of carbonyl (C=O) groups excluding carboxylic acids is 2. The van der Waals surface area contributed by atoms with Crippen LogP contribution in [0.25, 0.3) is 0 Å². The zero-order valence-corrected chi connectivity index (χ0v) is 20.0. The van der Waals surface area contributed by atoms with Gasteiger partial charge in [-0.2, -0.15) is 0 Å². The number of likely N-dealkylation sites (N-methyl/N-ethyl adjacent to an activating group) is 1. The topological polar surface area (TPSA) is 104 Å². The first kappa shape index (κ1) is 24.7. The number of fused-ring (bicyclic) bond motifs is 1. The second-order valence-corrected chi connectivity index (χ2v) is 9.33. The number of nitrogens with zero attached hydrogens (tertiary/aromatic N) is 3. The molecule has 10 heteroatoms. The van der Waals surface area contributed by atoms with Crippen molar-refractivity contribution in [1.82, 2.24) is 14.7 Å². The minimum atomic E-state index is -0.779. The standard InChI is InChI=1S/C24H36N4O6/c1-26-9-11-27(12-10-26)23(30)13-20-7-8-21-22(34-20)16-33-15-18(29)14-28(21)24(31)25-17-3-5-19(32-2)6-4-17/h3-6,18,20-22,29H,7-16H2,1-2H3,(H,25,31)/t18-,20+,21+,22-/m0/s1. The summed E-state index contributed by atoms with van der Waals surface area (Å²) in [5.41, 5.74) is 0.641. The highest BCUT2D eigenvalue weighted by Crippen LogP contribution is 2.29. The van der Waals surface area contributed by atoms with Gasteiger partial charge in [0.1, 0.15) is 11.9 Å². The van der Waals surface area contributed by atoms with Gasteiger partial charge in [-0.1, -0.05) is 0 Å². The molecule has 34 heavy (non-hydrogen) atoms. The van der Waals surface area contributed by atoms with Gasteiger partial charge in [0.2, 0.25) is 5.91 Å². The highest BCUT2D eigenvalue weighted by Gasteiger charge is 2.40. The number of urea groups is 1. The molecule has 0 aliphatic carbocycles. The molecular weight excluding hydrogens is 440 g/mol. The summed E-state index contributed by atoms with van der Waals surface area (Å²) in [6.07, 6.45) is 0.355. The Kier molecular flexibility index (Phi) is 8.25. The van der Waals surface area contributed by atoms with Gasteiger partial charge in [-0.15, -0.1) is 0 Å². The van der Waals surface area contributed by atoms with E-state index >= 15 is 0 Å². The van der Waals surface area contributed by atoms with Crippen LogP contribution >= 0.6 is 0 Å². The van der Waals surface area contributed by atoms with Gasteiger partial charge < -0.3 is 39.3 Å². The second kappa shape index (κ2) is 11.4. The molecule has 0 bridgehead atoms. The Hall–Kier alpha value is -2.40. The van der Waals surface area contributed by atoms with Crippen molar-refractivity contribution in [3.05, 3.63) is 24.3 Å². The number of aliphatic hydroxyl groups excluding tert-OH is 1. The fraction of sp³-hybridized carbons (Fsp3) is 0.667. The number of hydrogen-bond acceptors (Lipinski definition) is 7. The van der Waals surface area contributed by atoms with Crippen LogP contribution < -0.4 is 10.1 Å². The van der Waals surface area contributed by atoms with E-state index < -0.39 is 6.10 Å². The van der Waals surface area contributed by atoms with Gasteiger partial charge in [0.05, 0.1) is 51.5 Å². The lowest BCUT2D eigenvalue weighted by molar-refractivity contribution is -0.155. The normalized spacial score (nSPS) is 28.4. The third kappa shape index (κ3) is 6.18. The van der Waals surface area contributed by atoms with E-state index in [9.17, 15) is 14.7 Å². The zero-order valence-electron chi connectivity index (χ0n) is 20.0. The lowest BCUT2D eigenvalue weighted by Gasteiger charge is -2.44. The van der Waals surface area contributed by atoms with E-state index in [1.54, 1.807) is 36.3 Å². The first-order valence-electron chi connectivity index (χ1n) is 12.0. The smallest absolute Gasteiger partial charge is 0.322 e. The molecule has 188 valence electrons. The maximum atomic E-state index is 13.2. The van der Waals surface area contributed by atoms with Crippen LogP contribution in [0.1, 0.15) is 19.3 Å². The van der Waals surface area contributed by atoms with Crippen LogP contribution in [0.3, 0.4) is 0 Å². The molecule has 0 saturated carbocycles. The van der Waals surface area contributed by atoms with Crippen LogP contribution in [0.2, 0.25) is 0 Å². The Morgan fingerprint density at radius 3 is 2.56 bits per heavy atom.